The third-order valence-corrected chi connectivity index (χ3v) is 7.57. The highest BCUT2D eigenvalue weighted by Crippen LogP contribution is 2.25. The summed E-state index contributed by atoms with van der Waals surface area (Å²) in [5.74, 6) is -0.0701. The number of benzene rings is 2. The third kappa shape index (κ3) is 9.69. The Bertz CT molecular complexity index is 1050. The Morgan fingerprint density at radius 3 is 1.47 bits per heavy atom. The smallest absolute Gasteiger partial charge is 0.269 e. The first-order valence-corrected chi connectivity index (χ1v) is 13.7. The summed E-state index contributed by atoms with van der Waals surface area (Å²) in [5.41, 5.74) is 1.03. The van der Waals surface area contributed by atoms with Crippen molar-refractivity contribution in [3.63, 3.8) is 0 Å². The highest BCUT2D eigenvalue weighted by molar-refractivity contribution is 8.76. The van der Waals surface area contributed by atoms with E-state index in [1.54, 1.807) is 12.1 Å². The molecule has 0 atom stereocenters. The molecule has 0 aromatic heterocycles. The highest BCUT2D eigenvalue weighted by atomic mass is 35.5. The van der Waals surface area contributed by atoms with Crippen LogP contribution in [0.15, 0.2) is 46.7 Å². The molecular formula is C22H24Cl2N4O6S2. The van der Waals surface area contributed by atoms with Gasteiger partial charge >= 0.3 is 0 Å². The number of oxime groups is 2. The summed E-state index contributed by atoms with van der Waals surface area (Å²) in [6.45, 7) is 0.656. The van der Waals surface area contributed by atoms with Gasteiger partial charge in [-0.2, -0.15) is 0 Å². The Balaban J connectivity index is 1.62. The van der Waals surface area contributed by atoms with E-state index in [1.165, 1.54) is 45.9 Å². The predicted octanol–water partition coefficient (Wildman–Crippen LogP) is 3.46. The zero-order valence-electron chi connectivity index (χ0n) is 18.8. The molecule has 0 saturated heterocycles. The van der Waals surface area contributed by atoms with Crippen LogP contribution in [0.2, 0.25) is 10.0 Å². The van der Waals surface area contributed by atoms with Crippen molar-refractivity contribution >= 4 is 68.0 Å². The summed E-state index contributed by atoms with van der Waals surface area (Å²) in [5, 5.41) is 48.9. The Morgan fingerprint density at radius 1 is 0.750 bits per heavy atom. The van der Waals surface area contributed by atoms with Crippen molar-refractivity contribution in [1.82, 2.24) is 10.6 Å². The molecule has 0 fully saturated rings. The van der Waals surface area contributed by atoms with Gasteiger partial charge in [0.2, 0.25) is 0 Å². The third-order valence-electron chi connectivity index (χ3n) is 4.56. The van der Waals surface area contributed by atoms with E-state index in [0.717, 1.165) is 0 Å². The number of hydrogen-bond acceptors (Lipinski definition) is 10. The predicted molar refractivity (Wildman–Crippen MR) is 143 cm³/mol. The largest absolute Gasteiger partial charge is 0.506 e. The maximum absolute atomic E-state index is 12.2. The van der Waals surface area contributed by atoms with Crippen LogP contribution in [0.25, 0.3) is 0 Å². The molecule has 2 rings (SSSR count). The summed E-state index contributed by atoms with van der Waals surface area (Å²) in [6, 6.07) is 8.90. The number of nitrogens with zero attached hydrogens (tertiary/aromatic N) is 2. The lowest BCUT2D eigenvalue weighted by Gasteiger charge is -2.08. The van der Waals surface area contributed by atoms with Crippen LogP contribution in [0.1, 0.15) is 11.1 Å². The van der Waals surface area contributed by atoms with Gasteiger partial charge in [-0.15, -0.1) is 0 Å². The van der Waals surface area contributed by atoms with E-state index < -0.39 is 11.8 Å². The van der Waals surface area contributed by atoms with Crippen LogP contribution in [0.5, 0.6) is 11.5 Å². The summed E-state index contributed by atoms with van der Waals surface area (Å²) < 4.78 is 0. The number of carbonyl (C=O) groups is 2. The Labute approximate surface area is 225 Å². The quantitative estimate of drug-likeness (QED) is 0.0695. The van der Waals surface area contributed by atoms with Gasteiger partial charge in [-0.3, -0.25) is 9.59 Å². The second-order valence-electron chi connectivity index (χ2n) is 7.17. The van der Waals surface area contributed by atoms with Gasteiger partial charge in [0, 0.05) is 37.4 Å². The van der Waals surface area contributed by atoms with E-state index >= 15 is 0 Å². The second-order valence-corrected chi connectivity index (χ2v) is 10.7. The van der Waals surface area contributed by atoms with Crippen LogP contribution in [0.3, 0.4) is 0 Å². The number of carbonyl (C=O) groups excluding carboxylic acids is 2. The van der Waals surface area contributed by atoms with Crippen molar-refractivity contribution < 1.29 is 30.2 Å². The Hall–Kier alpha value is -2.80. The molecule has 0 saturated carbocycles. The molecule has 0 aliphatic rings. The number of rotatable bonds is 13. The molecule has 6 N–H and O–H groups in total. The van der Waals surface area contributed by atoms with Crippen LogP contribution in [-0.4, -0.2) is 68.5 Å². The van der Waals surface area contributed by atoms with Crippen molar-refractivity contribution in [3.05, 3.63) is 57.6 Å². The standard InChI is InChI=1S/C22H24Cl2N4O6S2/c23-15-9-13(1-3-19(15)29)11-17(27-33)21(31)25-5-7-35-36-8-6-26-22(32)18(28-34)12-14-2-4-20(30)16(24)10-14/h1-4,9-10,29-30,33-34H,5-8,11-12H2,(H,25,31)(H,26,32)/b27-17+,28-18+. The Kier molecular flexibility index (Phi) is 12.5. The number of phenolic OH excluding ortho intramolecular Hbond substituents is 2. The molecule has 0 radical (unpaired) electrons. The molecule has 36 heavy (non-hydrogen) atoms. The molecule has 0 bridgehead atoms. The maximum Gasteiger partial charge on any atom is 0.269 e. The van der Waals surface area contributed by atoms with Crippen molar-refractivity contribution in [2.45, 2.75) is 12.8 Å². The van der Waals surface area contributed by atoms with Crippen LogP contribution in [-0.2, 0) is 22.4 Å². The lowest BCUT2D eigenvalue weighted by molar-refractivity contribution is -0.115. The van der Waals surface area contributed by atoms with Gasteiger partial charge in [-0.1, -0.05) is 67.2 Å². The van der Waals surface area contributed by atoms with Gasteiger partial charge in [0.05, 0.1) is 10.0 Å². The summed E-state index contributed by atoms with van der Waals surface area (Å²) in [6.07, 6.45) is 0.0890. The normalized spacial score (nSPS) is 11.8. The van der Waals surface area contributed by atoms with Crippen LogP contribution < -0.4 is 10.6 Å². The van der Waals surface area contributed by atoms with Crippen molar-refractivity contribution in [2.75, 3.05) is 24.6 Å². The topological polar surface area (TPSA) is 164 Å². The molecule has 10 nitrogen and oxygen atoms in total. The first-order chi connectivity index (χ1) is 17.2. The van der Waals surface area contributed by atoms with Crippen molar-refractivity contribution in [1.29, 1.82) is 0 Å². The zero-order valence-corrected chi connectivity index (χ0v) is 21.9. The van der Waals surface area contributed by atoms with Gasteiger partial charge in [-0.25, -0.2) is 0 Å². The lowest BCUT2D eigenvalue weighted by Crippen LogP contribution is -2.34. The second kappa shape index (κ2) is 15.3. The van der Waals surface area contributed by atoms with Gasteiger partial charge in [-0.05, 0) is 35.4 Å². The molecule has 0 heterocycles. The molecule has 0 spiro atoms. The van der Waals surface area contributed by atoms with Gasteiger partial charge in [0.1, 0.15) is 22.9 Å². The minimum atomic E-state index is -0.523. The molecular weight excluding hydrogens is 551 g/mol. The molecule has 0 aliphatic heterocycles. The van der Waals surface area contributed by atoms with Crippen molar-refractivity contribution in [3.8, 4) is 11.5 Å². The maximum atomic E-state index is 12.2. The van der Waals surface area contributed by atoms with E-state index in [1.807, 2.05) is 0 Å². The molecule has 14 heteroatoms. The molecule has 2 amide bonds. The highest BCUT2D eigenvalue weighted by Gasteiger charge is 2.15. The van der Waals surface area contributed by atoms with E-state index in [0.29, 0.717) is 35.7 Å². The van der Waals surface area contributed by atoms with Gasteiger partial charge < -0.3 is 31.3 Å². The summed E-state index contributed by atoms with van der Waals surface area (Å²) in [7, 11) is 2.96. The number of nitrogens with one attached hydrogen (secondary N) is 2. The van der Waals surface area contributed by atoms with E-state index in [4.69, 9.17) is 33.6 Å². The molecule has 0 aliphatic carbocycles. The number of amides is 2. The van der Waals surface area contributed by atoms with Gasteiger partial charge in [0.25, 0.3) is 11.8 Å². The first-order valence-electron chi connectivity index (χ1n) is 10.4. The summed E-state index contributed by atoms with van der Waals surface area (Å²) >= 11 is 11.7. The first kappa shape index (κ1) is 29.4. The van der Waals surface area contributed by atoms with E-state index in [9.17, 15) is 19.8 Å². The molecule has 2 aromatic carbocycles. The number of hydrogen-bond donors (Lipinski definition) is 6. The number of phenols is 2. The van der Waals surface area contributed by atoms with E-state index in [-0.39, 0.29) is 45.8 Å². The molecule has 0 unspecified atom stereocenters. The van der Waals surface area contributed by atoms with Crippen LogP contribution >= 0.6 is 44.8 Å². The fourth-order valence-corrected chi connectivity index (χ4v) is 4.98. The fourth-order valence-electron chi connectivity index (χ4n) is 2.76. The van der Waals surface area contributed by atoms with Crippen LogP contribution in [0.4, 0.5) is 0 Å². The van der Waals surface area contributed by atoms with E-state index in [2.05, 4.69) is 20.9 Å². The minimum Gasteiger partial charge on any atom is -0.506 e. The zero-order chi connectivity index (χ0) is 26.5. The number of aromatic hydroxyl groups is 2. The fraction of sp³-hybridized carbons (Fsp3) is 0.273. The van der Waals surface area contributed by atoms with Crippen molar-refractivity contribution in [2.24, 2.45) is 10.3 Å². The monoisotopic (exact) mass is 574 g/mol. The average Bonchev–Trinajstić information content (AvgIpc) is 2.86. The van der Waals surface area contributed by atoms with Gasteiger partial charge in [0.15, 0.2) is 0 Å². The van der Waals surface area contributed by atoms with Crippen LogP contribution in [0, 0.1) is 0 Å². The summed E-state index contributed by atoms with van der Waals surface area (Å²) in [4.78, 5) is 24.4. The Morgan fingerprint density at radius 2 is 1.14 bits per heavy atom. The average molecular weight is 575 g/mol. The molecule has 194 valence electrons. The lowest BCUT2D eigenvalue weighted by atomic mass is 10.1. The number of halogens is 2. The SMILES string of the molecule is O=C(NCCSSCCNC(=O)/C(Cc1ccc(O)c(Cl)c1)=N/O)/C(Cc1ccc(O)c(Cl)c1)=N/O. The molecule has 2 aromatic rings. The minimum absolute atomic E-state index is 0.0445.